The lowest BCUT2D eigenvalue weighted by Crippen LogP contribution is -2.50. The Morgan fingerprint density at radius 1 is 1.18 bits per heavy atom. The molecule has 1 heterocycles. The summed E-state index contributed by atoms with van der Waals surface area (Å²) in [6.07, 6.45) is 5.89. The van der Waals surface area contributed by atoms with Crippen LogP contribution in [0.15, 0.2) is 24.3 Å². The van der Waals surface area contributed by atoms with Crippen molar-refractivity contribution in [3.8, 4) is 0 Å². The second kappa shape index (κ2) is 9.31. The topological polar surface area (TPSA) is 66.5 Å². The summed E-state index contributed by atoms with van der Waals surface area (Å²) in [6, 6.07) is 6.31. The molecule has 4 atom stereocenters. The molecule has 5 nitrogen and oxygen atoms in total. The first-order valence-electron chi connectivity index (χ1n) is 9.85. The van der Waals surface area contributed by atoms with Gasteiger partial charge in [-0.15, -0.1) is 0 Å². The predicted octanol–water partition coefficient (Wildman–Crippen LogP) is 3.81. The van der Waals surface area contributed by atoms with E-state index in [4.69, 9.17) is 11.6 Å². The van der Waals surface area contributed by atoms with Gasteiger partial charge in [-0.2, -0.15) is 11.8 Å². The summed E-state index contributed by atoms with van der Waals surface area (Å²) in [5.41, 5.74) is 0.925. The van der Waals surface area contributed by atoms with Crippen molar-refractivity contribution in [1.29, 1.82) is 0 Å². The lowest BCUT2D eigenvalue weighted by atomic mass is 9.81. The van der Waals surface area contributed by atoms with Crippen LogP contribution >= 0.6 is 23.4 Å². The van der Waals surface area contributed by atoms with E-state index in [2.05, 4.69) is 5.32 Å². The van der Waals surface area contributed by atoms with E-state index in [0.29, 0.717) is 17.2 Å². The van der Waals surface area contributed by atoms with Crippen molar-refractivity contribution in [3.63, 3.8) is 0 Å². The van der Waals surface area contributed by atoms with Crippen LogP contribution in [0.3, 0.4) is 0 Å². The zero-order valence-electron chi connectivity index (χ0n) is 16.3. The number of hydrogen-bond acceptors (Lipinski definition) is 4. The number of nitrogens with zero attached hydrogens (tertiary/aromatic N) is 1. The van der Waals surface area contributed by atoms with Gasteiger partial charge >= 0.3 is 0 Å². The van der Waals surface area contributed by atoms with Gasteiger partial charge in [0.1, 0.15) is 6.04 Å². The molecule has 2 fully saturated rings. The number of rotatable bonds is 7. The number of fused-ring (bicyclic) bond motifs is 1. The molecule has 152 valence electrons. The minimum Gasteiger partial charge on any atom is -0.348 e. The molecule has 0 spiro atoms. The average Bonchev–Trinajstić information content (AvgIpc) is 2.94. The van der Waals surface area contributed by atoms with Gasteiger partial charge in [0.15, 0.2) is 0 Å². The molecule has 7 heteroatoms. The van der Waals surface area contributed by atoms with Crippen molar-refractivity contribution in [1.82, 2.24) is 10.2 Å². The fraction of sp³-hybridized carbons (Fsp3) is 0.571. The lowest BCUT2D eigenvalue weighted by molar-refractivity contribution is -0.148. The van der Waals surface area contributed by atoms with Gasteiger partial charge in [0.05, 0.1) is 17.9 Å². The van der Waals surface area contributed by atoms with E-state index >= 15 is 0 Å². The van der Waals surface area contributed by atoms with Crippen molar-refractivity contribution in [3.05, 3.63) is 34.9 Å². The predicted molar refractivity (Wildman–Crippen MR) is 112 cm³/mol. The fourth-order valence-corrected chi connectivity index (χ4v) is 4.83. The number of amides is 3. The van der Waals surface area contributed by atoms with Crippen molar-refractivity contribution in [2.24, 2.45) is 11.8 Å². The normalized spacial score (nSPS) is 24.0. The first kappa shape index (κ1) is 21.2. The first-order valence-corrected chi connectivity index (χ1v) is 11.6. The molecule has 0 bridgehead atoms. The fourth-order valence-electron chi connectivity index (χ4n) is 4.25. The SMILES string of the molecule is CSCCC(C(=O)NC(C)c1ccc(Cl)cc1)N1C(=O)C2CCCCC2C1=O. The third kappa shape index (κ3) is 4.38. The Morgan fingerprint density at radius 2 is 1.75 bits per heavy atom. The van der Waals surface area contributed by atoms with Crippen LogP contribution in [0.5, 0.6) is 0 Å². The van der Waals surface area contributed by atoms with Gasteiger partial charge in [0, 0.05) is 5.02 Å². The number of thioether (sulfide) groups is 1. The zero-order valence-corrected chi connectivity index (χ0v) is 17.9. The highest BCUT2D eigenvalue weighted by Crippen LogP contribution is 2.39. The van der Waals surface area contributed by atoms with Crippen LogP contribution in [0.4, 0.5) is 0 Å². The second-order valence-corrected chi connectivity index (χ2v) is 9.05. The van der Waals surface area contributed by atoms with Crippen molar-refractivity contribution >= 4 is 41.1 Å². The Labute approximate surface area is 175 Å². The molecular formula is C21H27ClN2O3S. The van der Waals surface area contributed by atoms with Gasteiger partial charge in [-0.3, -0.25) is 19.3 Å². The van der Waals surface area contributed by atoms with Crippen molar-refractivity contribution in [2.75, 3.05) is 12.0 Å². The van der Waals surface area contributed by atoms with Gasteiger partial charge in [-0.05, 0) is 55.9 Å². The molecule has 1 aromatic rings. The average molecular weight is 423 g/mol. The number of nitrogens with one attached hydrogen (secondary N) is 1. The highest BCUT2D eigenvalue weighted by atomic mass is 35.5. The standard InChI is InChI=1S/C21H27ClN2O3S/c1-13(14-7-9-15(22)10-8-14)23-19(25)18(11-12-28-2)24-20(26)16-5-3-4-6-17(16)21(24)27/h7-10,13,16-18H,3-6,11-12H2,1-2H3,(H,23,25). The molecule has 1 aliphatic heterocycles. The first-order chi connectivity index (χ1) is 13.4. The molecule has 1 aromatic carbocycles. The molecule has 1 saturated carbocycles. The van der Waals surface area contributed by atoms with Crippen LogP contribution in [0.25, 0.3) is 0 Å². The van der Waals surface area contributed by atoms with Crippen LogP contribution in [-0.4, -0.2) is 40.7 Å². The highest BCUT2D eigenvalue weighted by Gasteiger charge is 2.51. The maximum atomic E-state index is 13.1. The van der Waals surface area contributed by atoms with E-state index in [0.717, 1.165) is 31.2 Å². The van der Waals surface area contributed by atoms with Crippen LogP contribution in [0, 0.1) is 11.8 Å². The summed E-state index contributed by atoms with van der Waals surface area (Å²) >= 11 is 7.54. The van der Waals surface area contributed by atoms with Crippen LogP contribution in [0.1, 0.15) is 50.6 Å². The Bertz CT molecular complexity index is 716. The quantitative estimate of drug-likeness (QED) is 0.678. The number of hydrogen-bond donors (Lipinski definition) is 1. The molecule has 1 aliphatic carbocycles. The van der Waals surface area contributed by atoms with Gasteiger partial charge in [-0.25, -0.2) is 0 Å². The number of carbonyl (C=O) groups excluding carboxylic acids is 3. The Hall–Kier alpha value is -1.53. The van der Waals surface area contributed by atoms with E-state index in [1.165, 1.54) is 4.90 Å². The molecule has 3 amide bonds. The molecule has 3 rings (SSSR count). The second-order valence-electron chi connectivity index (χ2n) is 7.62. The van der Waals surface area contributed by atoms with Gasteiger partial charge < -0.3 is 5.32 Å². The summed E-state index contributed by atoms with van der Waals surface area (Å²) in [5, 5.41) is 3.62. The third-order valence-electron chi connectivity index (χ3n) is 5.81. The maximum Gasteiger partial charge on any atom is 0.243 e. The van der Waals surface area contributed by atoms with Gasteiger partial charge in [-0.1, -0.05) is 36.6 Å². The van der Waals surface area contributed by atoms with E-state index in [9.17, 15) is 14.4 Å². The third-order valence-corrected chi connectivity index (χ3v) is 6.71. The monoisotopic (exact) mass is 422 g/mol. The van der Waals surface area contributed by atoms with Gasteiger partial charge in [0.25, 0.3) is 0 Å². The molecule has 2 aliphatic rings. The summed E-state index contributed by atoms with van der Waals surface area (Å²) in [4.78, 5) is 40.3. The summed E-state index contributed by atoms with van der Waals surface area (Å²) in [6.45, 7) is 1.89. The molecular weight excluding hydrogens is 396 g/mol. The molecule has 28 heavy (non-hydrogen) atoms. The highest BCUT2D eigenvalue weighted by molar-refractivity contribution is 7.98. The molecule has 0 radical (unpaired) electrons. The molecule has 4 unspecified atom stereocenters. The van der Waals surface area contributed by atoms with Crippen LogP contribution < -0.4 is 5.32 Å². The Morgan fingerprint density at radius 3 is 2.29 bits per heavy atom. The molecule has 1 N–H and O–H groups in total. The molecule has 1 saturated heterocycles. The summed E-state index contributed by atoms with van der Waals surface area (Å²) < 4.78 is 0. The van der Waals surface area contributed by atoms with Crippen molar-refractivity contribution in [2.45, 2.75) is 51.1 Å². The van der Waals surface area contributed by atoms with Crippen molar-refractivity contribution < 1.29 is 14.4 Å². The summed E-state index contributed by atoms with van der Waals surface area (Å²) in [7, 11) is 0. The summed E-state index contributed by atoms with van der Waals surface area (Å²) in [5.74, 6) is -0.346. The molecule has 0 aromatic heterocycles. The van der Waals surface area contributed by atoms with E-state index in [1.807, 2.05) is 25.3 Å². The number of imide groups is 1. The number of halogens is 1. The maximum absolute atomic E-state index is 13.1. The van der Waals surface area contributed by atoms with Crippen LogP contribution in [-0.2, 0) is 14.4 Å². The smallest absolute Gasteiger partial charge is 0.243 e. The van der Waals surface area contributed by atoms with E-state index in [-0.39, 0.29) is 35.6 Å². The zero-order chi connectivity index (χ0) is 20.3. The minimum atomic E-state index is -0.743. The number of likely N-dealkylation sites (tertiary alicyclic amines) is 1. The van der Waals surface area contributed by atoms with E-state index in [1.54, 1.807) is 23.9 Å². The minimum absolute atomic E-state index is 0.157. The lowest BCUT2D eigenvalue weighted by Gasteiger charge is -2.27. The van der Waals surface area contributed by atoms with Gasteiger partial charge in [0.2, 0.25) is 17.7 Å². The Kier molecular flexibility index (Phi) is 7.05. The van der Waals surface area contributed by atoms with E-state index < -0.39 is 6.04 Å². The largest absolute Gasteiger partial charge is 0.348 e. The number of benzene rings is 1. The number of carbonyl (C=O) groups is 3. The van der Waals surface area contributed by atoms with Crippen LogP contribution in [0.2, 0.25) is 5.02 Å². The Balaban J connectivity index is 1.77.